The first kappa shape index (κ1) is 20.9. The zero-order valence-electron chi connectivity index (χ0n) is 17.1. The van der Waals surface area contributed by atoms with Crippen LogP contribution in [0.3, 0.4) is 0 Å². The SMILES string of the molecule is CN=C(NCc1cccc(OCC(N)=O)c1)NC(C)c1cccc(-n2cccn2)c1. The van der Waals surface area contributed by atoms with Crippen LogP contribution in [0.2, 0.25) is 0 Å². The van der Waals surface area contributed by atoms with Crippen molar-refractivity contribution in [1.29, 1.82) is 0 Å². The minimum atomic E-state index is -0.506. The van der Waals surface area contributed by atoms with Gasteiger partial charge in [0.2, 0.25) is 0 Å². The quantitative estimate of drug-likeness (QED) is 0.393. The minimum Gasteiger partial charge on any atom is -0.484 e. The Bertz CT molecular complexity index is 1000. The molecule has 3 aromatic rings. The van der Waals surface area contributed by atoms with Crippen molar-refractivity contribution < 1.29 is 9.53 Å². The maximum Gasteiger partial charge on any atom is 0.255 e. The summed E-state index contributed by atoms with van der Waals surface area (Å²) in [6, 6.07) is 17.6. The average Bonchev–Trinajstić information content (AvgIpc) is 3.30. The molecule has 2 aromatic carbocycles. The van der Waals surface area contributed by atoms with E-state index in [0.29, 0.717) is 18.3 Å². The number of ether oxygens (including phenoxy) is 1. The number of carbonyl (C=O) groups is 1. The van der Waals surface area contributed by atoms with Crippen LogP contribution in [0, 0.1) is 0 Å². The predicted molar refractivity (Wildman–Crippen MR) is 116 cm³/mol. The molecule has 0 bridgehead atoms. The lowest BCUT2D eigenvalue weighted by molar-refractivity contribution is -0.119. The molecule has 0 radical (unpaired) electrons. The molecule has 0 saturated carbocycles. The van der Waals surface area contributed by atoms with E-state index in [1.807, 2.05) is 47.3 Å². The monoisotopic (exact) mass is 406 g/mol. The molecular formula is C22H26N6O2. The van der Waals surface area contributed by atoms with Gasteiger partial charge in [0.05, 0.1) is 11.7 Å². The van der Waals surface area contributed by atoms with Crippen molar-refractivity contribution in [3.8, 4) is 11.4 Å². The molecule has 8 heteroatoms. The number of primary amides is 1. The first-order valence-electron chi connectivity index (χ1n) is 9.62. The molecule has 0 aliphatic rings. The van der Waals surface area contributed by atoms with Crippen LogP contribution in [0.5, 0.6) is 5.75 Å². The van der Waals surface area contributed by atoms with Crippen LogP contribution < -0.4 is 21.1 Å². The highest BCUT2D eigenvalue weighted by Crippen LogP contribution is 2.17. The van der Waals surface area contributed by atoms with Crippen LogP contribution in [0.4, 0.5) is 0 Å². The standard InChI is InChI=1S/C22H26N6O2/c1-16(18-7-4-8-19(13-18)28-11-5-10-26-28)27-22(24-2)25-14-17-6-3-9-20(12-17)30-15-21(23)29/h3-13,16H,14-15H2,1-2H3,(H2,23,29)(H2,24,25,27). The minimum absolute atomic E-state index is 0.0388. The Labute approximate surface area is 175 Å². The van der Waals surface area contributed by atoms with Crippen LogP contribution in [0.25, 0.3) is 5.69 Å². The van der Waals surface area contributed by atoms with Crippen molar-refractivity contribution in [2.75, 3.05) is 13.7 Å². The number of aliphatic imine (C=N–C) groups is 1. The molecule has 0 fully saturated rings. The van der Waals surface area contributed by atoms with E-state index in [2.05, 4.69) is 39.8 Å². The van der Waals surface area contributed by atoms with Crippen molar-refractivity contribution in [3.63, 3.8) is 0 Å². The third kappa shape index (κ3) is 5.84. The second kappa shape index (κ2) is 10.1. The van der Waals surface area contributed by atoms with Gasteiger partial charge >= 0.3 is 0 Å². The summed E-state index contributed by atoms with van der Waals surface area (Å²) in [5, 5.41) is 11.0. The highest BCUT2D eigenvalue weighted by Gasteiger charge is 2.09. The van der Waals surface area contributed by atoms with Crippen molar-refractivity contribution in [1.82, 2.24) is 20.4 Å². The van der Waals surface area contributed by atoms with E-state index < -0.39 is 5.91 Å². The van der Waals surface area contributed by atoms with E-state index in [0.717, 1.165) is 16.8 Å². The number of nitrogens with one attached hydrogen (secondary N) is 2. The number of hydrogen-bond acceptors (Lipinski definition) is 4. The largest absolute Gasteiger partial charge is 0.484 e. The lowest BCUT2D eigenvalue weighted by atomic mass is 10.1. The zero-order chi connectivity index (χ0) is 21.3. The van der Waals surface area contributed by atoms with Gasteiger partial charge in [0.1, 0.15) is 5.75 Å². The van der Waals surface area contributed by atoms with Gasteiger partial charge in [-0.15, -0.1) is 0 Å². The number of guanidine groups is 1. The molecule has 0 aliphatic heterocycles. The summed E-state index contributed by atoms with van der Waals surface area (Å²) in [6.45, 7) is 2.48. The zero-order valence-corrected chi connectivity index (χ0v) is 17.1. The summed E-state index contributed by atoms with van der Waals surface area (Å²) in [4.78, 5) is 15.2. The van der Waals surface area contributed by atoms with Crippen LogP contribution in [0.1, 0.15) is 24.1 Å². The van der Waals surface area contributed by atoms with Gasteiger partial charge < -0.3 is 21.1 Å². The van der Waals surface area contributed by atoms with Gasteiger partial charge in [-0.1, -0.05) is 24.3 Å². The number of aromatic nitrogens is 2. The molecule has 4 N–H and O–H groups in total. The summed E-state index contributed by atoms with van der Waals surface area (Å²) in [7, 11) is 1.73. The molecule has 8 nitrogen and oxygen atoms in total. The van der Waals surface area contributed by atoms with E-state index in [9.17, 15) is 4.79 Å². The number of rotatable bonds is 8. The number of amides is 1. The second-order valence-corrected chi connectivity index (χ2v) is 6.74. The Morgan fingerprint density at radius 3 is 2.80 bits per heavy atom. The van der Waals surface area contributed by atoms with Crippen molar-refractivity contribution >= 4 is 11.9 Å². The Morgan fingerprint density at radius 2 is 2.07 bits per heavy atom. The number of hydrogen-bond donors (Lipinski definition) is 3. The molecule has 1 unspecified atom stereocenters. The number of nitrogens with zero attached hydrogens (tertiary/aromatic N) is 3. The van der Waals surface area contributed by atoms with E-state index in [1.54, 1.807) is 19.3 Å². The fraction of sp³-hybridized carbons (Fsp3) is 0.227. The van der Waals surface area contributed by atoms with Gasteiger partial charge in [-0.05, 0) is 48.4 Å². The number of carbonyl (C=O) groups excluding carboxylic acids is 1. The van der Waals surface area contributed by atoms with Crippen molar-refractivity contribution in [2.45, 2.75) is 19.5 Å². The van der Waals surface area contributed by atoms with Gasteiger partial charge in [-0.25, -0.2) is 4.68 Å². The fourth-order valence-electron chi connectivity index (χ4n) is 2.93. The Hall–Kier alpha value is -3.81. The molecular weight excluding hydrogens is 380 g/mol. The maximum absolute atomic E-state index is 10.9. The smallest absolute Gasteiger partial charge is 0.255 e. The Kier molecular flexibility index (Phi) is 7.05. The Morgan fingerprint density at radius 1 is 1.23 bits per heavy atom. The molecule has 0 aliphatic carbocycles. The molecule has 1 atom stereocenters. The van der Waals surface area contributed by atoms with Gasteiger partial charge in [0, 0.05) is 26.0 Å². The van der Waals surface area contributed by atoms with Gasteiger partial charge in [0.25, 0.3) is 5.91 Å². The predicted octanol–water partition coefficient (Wildman–Crippen LogP) is 2.16. The molecule has 1 aromatic heterocycles. The molecule has 0 saturated heterocycles. The van der Waals surface area contributed by atoms with Crippen molar-refractivity contribution in [3.05, 3.63) is 78.1 Å². The maximum atomic E-state index is 10.9. The highest BCUT2D eigenvalue weighted by molar-refractivity contribution is 5.80. The molecule has 3 rings (SSSR count). The summed E-state index contributed by atoms with van der Waals surface area (Å²) >= 11 is 0. The topological polar surface area (TPSA) is 107 Å². The normalized spacial score (nSPS) is 12.3. The molecule has 1 heterocycles. The Balaban J connectivity index is 1.59. The number of benzene rings is 2. The highest BCUT2D eigenvalue weighted by atomic mass is 16.5. The summed E-state index contributed by atoms with van der Waals surface area (Å²) < 4.78 is 7.18. The number of nitrogens with two attached hydrogens (primary N) is 1. The van der Waals surface area contributed by atoms with Crippen LogP contribution in [-0.2, 0) is 11.3 Å². The van der Waals surface area contributed by atoms with Crippen molar-refractivity contribution in [2.24, 2.45) is 10.7 Å². The van der Waals surface area contributed by atoms with E-state index >= 15 is 0 Å². The van der Waals surface area contributed by atoms with Gasteiger partial charge in [0.15, 0.2) is 12.6 Å². The lowest BCUT2D eigenvalue weighted by Gasteiger charge is -2.19. The third-order valence-corrected chi connectivity index (χ3v) is 4.46. The lowest BCUT2D eigenvalue weighted by Crippen LogP contribution is -2.38. The first-order valence-corrected chi connectivity index (χ1v) is 9.62. The van der Waals surface area contributed by atoms with E-state index in [1.165, 1.54) is 0 Å². The van der Waals surface area contributed by atoms with Crippen LogP contribution in [-0.4, -0.2) is 35.3 Å². The van der Waals surface area contributed by atoms with Gasteiger partial charge in [-0.3, -0.25) is 9.79 Å². The molecule has 0 spiro atoms. The third-order valence-electron chi connectivity index (χ3n) is 4.46. The average molecular weight is 406 g/mol. The summed E-state index contributed by atoms with van der Waals surface area (Å²) in [6.07, 6.45) is 3.67. The molecule has 156 valence electrons. The van der Waals surface area contributed by atoms with Gasteiger partial charge in [-0.2, -0.15) is 5.10 Å². The fourth-order valence-corrected chi connectivity index (χ4v) is 2.93. The molecule has 30 heavy (non-hydrogen) atoms. The van der Waals surface area contributed by atoms with E-state index in [4.69, 9.17) is 10.5 Å². The summed E-state index contributed by atoms with van der Waals surface area (Å²) in [5.74, 6) is 0.768. The summed E-state index contributed by atoms with van der Waals surface area (Å²) in [5.41, 5.74) is 8.23. The van der Waals surface area contributed by atoms with E-state index in [-0.39, 0.29) is 12.6 Å². The second-order valence-electron chi connectivity index (χ2n) is 6.74. The van der Waals surface area contributed by atoms with Crippen LogP contribution >= 0.6 is 0 Å². The molecule has 1 amide bonds. The van der Waals surface area contributed by atoms with Crippen LogP contribution in [0.15, 0.2) is 72.0 Å². The first-order chi connectivity index (χ1) is 14.5.